The van der Waals surface area contributed by atoms with E-state index in [1.54, 1.807) is 19.1 Å². The molecule has 19 heavy (non-hydrogen) atoms. The third-order valence-corrected chi connectivity index (χ3v) is 2.78. The molecule has 0 heterocycles. The van der Waals surface area contributed by atoms with E-state index in [0.717, 1.165) is 0 Å². The summed E-state index contributed by atoms with van der Waals surface area (Å²) in [6.07, 6.45) is 0. The van der Waals surface area contributed by atoms with Crippen molar-refractivity contribution in [1.82, 2.24) is 5.32 Å². The van der Waals surface area contributed by atoms with Crippen LogP contribution in [0.2, 0.25) is 0 Å². The number of halogens is 2. The molecule has 0 aliphatic heterocycles. The van der Waals surface area contributed by atoms with Crippen LogP contribution in [0.4, 0.5) is 8.78 Å². The molecule has 1 N–H and O–H groups in total. The molecule has 1 aromatic carbocycles. The molecule has 4 nitrogen and oxygen atoms in total. The molecule has 6 heteroatoms. The first-order valence-corrected chi connectivity index (χ1v) is 5.82. The Balaban J connectivity index is 3.01. The van der Waals surface area contributed by atoms with Crippen LogP contribution in [0.5, 0.6) is 5.75 Å². The summed E-state index contributed by atoms with van der Waals surface area (Å²) >= 11 is 0. The number of likely N-dealkylation sites (N-methyl/N-ethyl adjacent to an activating group) is 1. The monoisotopic (exact) mass is 273 g/mol. The van der Waals surface area contributed by atoms with Crippen molar-refractivity contribution in [3.8, 4) is 5.75 Å². The highest BCUT2D eigenvalue weighted by Crippen LogP contribution is 2.25. The number of nitrogens with one attached hydrogen (secondary N) is 1. The van der Waals surface area contributed by atoms with E-state index >= 15 is 0 Å². The SMILES string of the molecule is CCNC(C)(C(=O)OC)c1ccc(OC(F)F)cc1. The number of ether oxygens (including phenoxy) is 2. The molecular weight excluding hydrogens is 256 g/mol. The van der Waals surface area contributed by atoms with Gasteiger partial charge in [0, 0.05) is 0 Å². The summed E-state index contributed by atoms with van der Waals surface area (Å²) in [6, 6.07) is 5.88. The lowest BCUT2D eigenvalue weighted by Crippen LogP contribution is -2.47. The molecule has 0 saturated heterocycles. The summed E-state index contributed by atoms with van der Waals surface area (Å²) < 4.78 is 33.1. The van der Waals surface area contributed by atoms with Gasteiger partial charge in [0.15, 0.2) is 0 Å². The second-order valence-electron chi connectivity index (χ2n) is 4.05. The van der Waals surface area contributed by atoms with Gasteiger partial charge in [-0.2, -0.15) is 8.78 Å². The van der Waals surface area contributed by atoms with Crippen LogP contribution in [0.3, 0.4) is 0 Å². The van der Waals surface area contributed by atoms with E-state index in [-0.39, 0.29) is 5.75 Å². The van der Waals surface area contributed by atoms with E-state index in [4.69, 9.17) is 4.74 Å². The summed E-state index contributed by atoms with van der Waals surface area (Å²) in [5, 5.41) is 3.02. The smallest absolute Gasteiger partial charge is 0.387 e. The maximum absolute atomic E-state index is 12.0. The van der Waals surface area contributed by atoms with Crippen molar-refractivity contribution in [2.75, 3.05) is 13.7 Å². The number of esters is 1. The molecule has 0 aromatic heterocycles. The summed E-state index contributed by atoms with van der Waals surface area (Å²) in [5.74, 6) is -0.403. The second kappa shape index (κ2) is 6.47. The van der Waals surface area contributed by atoms with Gasteiger partial charge >= 0.3 is 12.6 Å². The molecule has 1 atom stereocenters. The zero-order valence-corrected chi connectivity index (χ0v) is 11.1. The van der Waals surface area contributed by atoms with Gasteiger partial charge in [0.1, 0.15) is 11.3 Å². The lowest BCUT2D eigenvalue weighted by atomic mass is 9.92. The third-order valence-electron chi connectivity index (χ3n) is 2.78. The van der Waals surface area contributed by atoms with Crippen molar-refractivity contribution < 1.29 is 23.0 Å². The van der Waals surface area contributed by atoms with Gasteiger partial charge in [-0.3, -0.25) is 5.32 Å². The van der Waals surface area contributed by atoms with Gasteiger partial charge in [0.2, 0.25) is 0 Å². The summed E-state index contributed by atoms with van der Waals surface area (Å²) in [5.41, 5.74) is -0.407. The van der Waals surface area contributed by atoms with Crippen LogP contribution < -0.4 is 10.1 Å². The summed E-state index contributed by atoms with van der Waals surface area (Å²) in [6.45, 7) is 1.22. The minimum absolute atomic E-state index is 0.0439. The van der Waals surface area contributed by atoms with Crippen LogP contribution in [-0.4, -0.2) is 26.2 Å². The van der Waals surface area contributed by atoms with E-state index in [2.05, 4.69) is 10.1 Å². The minimum atomic E-state index is -2.87. The largest absolute Gasteiger partial charge is 0.467 e. The highest BCUT2D eigenvalue weighted by molar-refractivity contribution is 5.82. The van der Waals surface area contributed by atoms with E-state index in [1.165, 1.54) is 19.2 Å². The van der Waals surface area contributed by atoms with E-state index in [1.807, 2.05) is 6.92 Å². The van der Waals surface area contributed by atoms with Crippen molar-refractivity contribution in [1.29, 1.82) is 0 Å². The fraction of sp³-hybridized carbons (Fsp3) is 0.462. The topological polar surface area (TPSA) is 47.6 Å². The zero-order chi connectivity index (χ0) is 14.5. The second-order valence-corrected chi connectivity index (χ2v) is 4.05. The fourth-order valence-electron chi connectivity index (χ4n) is 1.82. The molecule has 0 aliphatic carbocycles. The minimum Gasteiger partial charge on any atom is -0.467 e. The predicted octanol–water partition coefficient (Wildman–Crippen LogP) is 2.29. The van der Waals surface area contributed by atoms with E-state index in [0.29, 0.717) is 12.1 Å². The van der Waals surface area contributed by atoms with Gasteiger partial charge < -0.3 is 9.47 Å². The standard InChI is InChI=1S/C13H17F2NO3/c1-4-16-13(2,11(17)18-3)9-5-7-10(8-6-9)19-12(14)15/h5-8,12,16H,4H2,1-3H3. The molecule has 0 bridgehead atoms. The van der Waals surface area contributed by atoms with Crippen LogP contribution in [0.15, 0.2) is 24.3 Å². The van der Waals surface area contributed by atoms with E-state index in [9.17, 15) is 13.6 Å². The molecule has 106 valence electrons. The molecular formula is C13H17F2NO3. The Hall–Kier alpha value is -1.69. The molecule has 0 fully saturated rings. The molecule has 0 radical (unpaired) electrons. The average molecular weight is 273 g/mol. The van der Waals surface area contributed by atoms with Crippen molar-refractivity contribution in [2.24, 2.45) is 0 Å². The van der Waals surface area contributed by atoms with Crippen LogP contribution in [0, 0.1) is 0 Å². The Morgan fingerprint density at radius 1 is 1.37 bits per heavy atom. The number of hydrogen-bond donors (Lipinski definition) is 1. The number of hydrogen-bond acceptors (Lipinski definition) is 4. The molecule has 0 spiro atoms. The summed E-state index contributed by atoms with van der Waals surface area (Å²) in [7, 11) is 1.30. The molecule has 0 saturated carbocycles. The van der Waals surface area contributed by atoms with Crippen LogP contribution >= 0.6 is 0 Å². The number of carbonyl (C=O) groups is 1. The third kappa shape index (κ3) is 3.64. The van der Waals surface area contributed by atoms with Crippen molar-refractivity contribution in [2.45, 2.75) is 26.0 Å². The molecule has 0 amide bonds. The van der Waals surface area contributed by atoms with Gasteiger partial charge in [-0.15, -0.1) is 0 Å². The lowest BCUT2D eigenvalue weighted by Gasteiger charge is -2.28. The Morgan fingerprint density at radius 3 is 2.37 bits per heavy atom. The first-order valence-electron chi connectivity index (χ1n) is 5.82. The highest BCUT2D eigenvalue weighted by atomic mass is 19.3. The lowest BCUT2D eigenvalue weighted by molar-refractivity contribution is -0.148. The van der Waals surface area contributed by atoms with Gasteiger partial charge in [-0.1, -0.05) is 19.1 Å². The number of rotatable bonds is 6. The summed E-state index contributed by atoms with van der Waals surface area (Å²) in [4.78, 5) is 11.9. The molecule has 1 rings (SSSR count). The highest BCUT2D eigenvalue weighted by Gasteiger charge is 2.35. The van der Waals surface area contributed by atoms with Crippen molar-refractivity contribution >= 4 is 5.97 Å². The average Bonchev–Trinajstić information content (AvgIpc) is 2.38. The number of carbonyl (C=O) groups excluding carboxylic acids is 1. The molecule has 1 unspecified atom stereocenters. The Kier molecular flexibility index (Phi) is 5.23. The van der Waals surface area contributed by atoms with Gasteiger partial charge in [0.05, 0.1) is 7.11 Å². The number of alkyl halides is 2. The van der Waals surface area contributed by atoms with Gasteiger partial charge in [-0.05, 0) is 31.2 Å². The van der Waals surface area contributed by atoms with Gasteiger partial charge in [0.25, 0.3) is 0 Å². The number of methoxy groups -OCH3 is 1. The Bertz CT molecular complexity index is 422. The van der Waals surface area contributed by atoms with Crippen LogP contribution in [0.1, 0.15) is 19.4 Å². The maximum Gasteiger partial charge on any atom is 0.387 e. The molecule has 1 aromatic rings. The van der Waals surface area contributed by atoms with E-state index < -0.39 is 18.1 Å². The Morgan fingerprint density at radius 2 is 1.95 bits per heavy atom. The fourth-order valence-corrected chi connectivity index (χ4v) is 1.82. The van der Waals surface area contributed by atoms with Crippen LogP contribution in [0.25, 0.3) is 0 Å². The zero-order valence-electron chi connectivity index (χ0n) is 11.1. The quantitative estimate of drug-likeness (QED) is 0.808. The first kappa shape index (κ1) is 15.4. The molecule has 0 aliphatic rings. The Labute approximate surface area is 110 Å². The maximum atomic E-state index is 12.0. The van der Waals surface area contributed by atoms with Crippen molar-refractivity contribution in [3.63, 3.8) is 0 Å². The predicted molar refractivity (Wildman–Crippen MR) is 66.1 cm³/mol. The number of benzene rings is 1. The van der Waals surface area contributed by atoms with Crippen LogP contribution in [-0.2, 0) is 15.1 Å². The normalized spacial score (nSPS) is 14.0. The first-order chi connectivity index (χ1) is 8.93. The van der Waals surface area contributed by atoms with Crippen molar-refractivity contribution in [3.05, 3.63) is 29.8 Å². The van der Waals surface area contributed by atoms with Gasteiger partial charge in [-0.25, -0.2) is 4.79 Å².